The fourth-order valence-corrected chi connectivity index (χ4v) is 5.71. The smallest absolute Gasteiger partial charge is 0.219 e. The molecule has 29 heavy (non-hydrogen) atoms. The summed E-state index contributed by atoms with van der Waals surface area (Å²) in [5, 5.41) is 0. The van der Waals surface area contributed by atoms with E-state index in [1.54, 1.807) is 11.8 Å². The Morgan fingerprint density at radius 1 is 1.17 bits per heavy atom. The number of nitrogens with one attached hydrogen (secondary N) is 1. The number of likely N-dealkylation sites (tertiary alicyclic amines) is 1. The summed E-state index contributed by atoms with van der Waals surface area (Å²) in [6.45, 7) is 4.76. The number of hydrogen-bond acceptors (Lipinski definition) is 4. The lowest BCUT2D eigenvalue weighted by Crippen LogP contribution is -2.58. The normalized spacial score (nSPS) is 28.3. The van der Waals surface area contributed by atoms with Crippen molar-refractivity contribution >= 4 is 15.9 Å². The van der Waals surface area contributed by atoms with E-state index in [1.807, 2.05) is 0 Å². The van der Waals surface area contributed by atoms with Crippen molar-refractivity contribution in [2.45, 2.75) is 76.5 Å². The minimum atomic E-state index is -3.33. The summed E-state index contributed by atoms with van der Waals surface area (Å²) in [6, 6.07) is 8.07. The first-order chi connectivity index (χ1) is 13.7. The van der Waals surface area contributed by atoms with E-state index < -0.39 is 10.0 Å². The molecule has 0 radical (unpaired) electrons. The van der Waals surface area contributed by atoms with E-state index in [1.165, 1.54) is 17.4 Å². The molecule has 0 aromatic heterocycles. The van der Waals surface area contributed by atoms with Crippen LogP contribution in [0.4, 0.5) is 0 Å². The van der Waals surface area contributed by atoms with Crippen LogP contribution < -0.4 is 4.72 Å². The van der Waals surface area contributed by atoms with Crippen molar-refractivity contribution in [3.8, 4) is 0 Å². The van der Waals surface area contributed by atoms with Gasteiger partial charge in [-0.1, -0.05) is 24.3 Å². The Labute approximate surface area is 175 Å². The van der Waals surface area contributed by atoms with Crippen molar-refractivity contribution < 1.29 is 17.9 Å². The predicted octanol–water partition coefficient (Wildman–Crippen LogP) is 2.97. The second-order valence-corrected chi connectivity index (χ2v) is 10.4. The largest absolute Gasteiger partial charge is 0.376 e. The molecule has 1 aliphatic carbocycles. The topological polar surface area (TPSA) is 75.7 Å². The number of sulfonamides is 1. The SMILES string of the molecule is CC(=O)N1CCC[C@H](NS(C)(=O)=O)[C@@H]1COC1CCC(c2ccccc2C)CC1. The Hall–Kier alpha value is -1.44. The number of aryl methyl sites for hydroxylation is 1. The first-order valence-electron chi connectivity index (χ1n) is 10.7. The highest BCUT2D eigenvalue weighted by Crippen LogP contribution is 2.35. The lowest BCUT2D eigenvalue weighted by Gasteiger charge is -2.41. The minimum absolute atomic E-state index is 0.0261. The predicted molar refractivity (Wildman–Crippen MR) is 114 cm³/mol. The third-order valence-corrected chi connectivity index (χ3v) is 7.08. The zero-order valence-corrected chi connectivity index (χ0v) is 18.6. The molecule has 7 heteroatoms. The van der Waals surface area contributed by atoms with E-state index in [0.717, 1.165) is 38.5 Å². The van der Waals surface area contributed by atoms with E-state index in [-0.39, 0.29) is 24.1 Å². The van der Waals surface area contributed by atoms with Crippen LogP contribution in [0.2, 0.25) is 0 Å². The van der Waals surface area contributed by atoms with Gasteiger partial charge >= 0.3 is 0 Å². The Morgan fingerprint density at radius 3 is 2.48 bits per heavy atom. The fourth-order valence-electron chi connectivity index (χ4n) is 4.89. The molecule has 1 aromatic carbocycles. The minimum Gasteiger partial charge on any atom is -0.376 e. The van der Waals surface area contributed by atoms with Gasteiger partial charge in [-0.3, -0.25) is 4.79 Å². The molecule has 1 amide bonds. The Bertz CT molecular complexity index is 803. The van der Waals surface area contributed by atoms with Gasteiger partial charge in [0.15, 0.2) is 0 Å². The average molecular weight is 423 g/mol. The summed E-state index contributed by atoms with van der Waals surface area (Å²) in [5.41, 5.74) is 2.80. The van der Waals surface area contributed by atoms with Crippen LogP contribution >= 0.6 is 0 Å². The Kier molecular flexibility index (Phi) is 7.35. The van der Waals surface area contributed by atoms with Crippen molar-refractivity contribution in [3.63, 3.8) is 0 Å². The van der Waals surface area contributed by atoms with Crippen LogP contribution in [0.15, 0.2) is 24.3 Å². The number of amides is 1. The molecule has 162 valence electrons. The Balaban J connectivity index is 1.58. The van der Waals surface area contributed by atoms with E-state index in [0.29, 0.717) is 19.1 Å². The number of nitrogens with zero attached hydrogens (tertiary/aromatic N) is 1. The van der Waals surface area contributed by atoms with Crippen LogP contribution in [-0.4, -0.2) is 56.8 Å². The lowest BCUT2D eigenvalue weighted by molar-refractivity contribution is -0.136. The molecule has 0 spiro atoms. The van der Waals surface area contributed by atoms with E-state index in [4.69, 9.17) is 4.74 Å². The molecular weight excluding hydrogens is 388 g/mol. The first kappa shape index (κ1) is 22.2. The number of piperidine rings is 1. The van der Waals surface area contributed by atoms with Crippen LogP contribution in [0.5, 0.6) is 0 Å². The van der Waals surface area contributed by atoms with Crippen molar-refractivity contribution in [2.24, 2.45) is 0 Å². The molecule has 0 unspecified atom stereocenters. The standard InChI is InChI=1S/C22H34N2O4S/c1-16-7-4-5-8-20(16)18-10-12-19(13-11-18)28-15-22-21(23-29(3,26)27)9-6-14-24(22)17(2)25/h4-5,7-8,18-19,21-23H,6,9-15H2,1-3H3/t18?,19?,21-,22-/m0/s1. The summed E-state index contributed by atoms with van der Waals surface area (Å²) in [5.74, 6) is 0.556. The summed E-state index contributed by atoms with van der Waals surface area (Å²) in [4.78, 5) is 13.9. The highest BCUT2D eigenvalue weighted by atomic mass is 32.2. The van der Waals surface area contributed by atoms with E-state index in [9.17, 15) is 13.2 Å². The third kappa shape index (κ3) is 6.03. The summed E-state index contributed by atoms with van der Waals surface area (Å²) in [7, 11) is -3.33. The molecule has 3 rings (SSSR count). The highest BCUT2D eigenvalue weighted by Gasteiger charge is 2.35. The highest BCUT2D eigenvalue weighted by molar-refractivity contribution is 7.88. The van der Waals surface area contributed by atoms with Gasteiger partial charge in [0.05, 0.1) is 25.0 Å². The molecule has 2 atom stereocenters. The zero-order valence-electron chi connectivity index (χ0n) is 17.8. The molecule has 1 aliphatic heterocycles. The van der Waals surface area contributed by atoms with Crippen molar-refractivity contribution in [1.29, 1.82) is 0 Å². The summed E-state index contributed by atoms with van der Waals surface area (Å²) >= 11 is 0. The van der Waals surface area contributed by atoms with Gasteiger partial charge in [0.2, 0.25) is 15.9 Å². The van der Waals surface area contributed by atoms with Gasteiger partial charge in [-0.15, -0.1) is 0 Å². The molecule has 1 N–H and O–H groups in total. The molecule has 1 saturated heterocycles. The number of ether oxygens (including phenoxy) is 1. The van der Waals surface area contributed by atoms with Crippen LogP contribution in [0.3, 0.4) is 0 Å². The molecule has 2 fully saturated rings. The van der Waals surface area contributed by atoms with Crippen LogP contribution in [0.1, 0.15) is 62.5 Å². The first-order valence-corrected chi connectivity index (χ1v) is 12.6. The molecule has 0 bridgehead atoms. The van der Waals surface area contributed by atoms with Crippen LogP contribution in [0.25, 0.3) is 0 Å². The summed E-state index contributed by atoms with van der Waals surface area (Å²) in [6.07, 6.45) is 7.06. The maximum absolute atomic E-state index is 12.1. The molecule has 2 aliphatic rings. The van der Waals surface area contributed by atoms with Crippen LogP contribution in [-0.2, 0) is 19.6 Å². The molecule has 1 aromatic rings. The zero-order chi connectivity index (χ0) is 21.0. The second kappa shape index (κ2) is 9.58. The van der Waals surface area contributed by atoms with Gasteiger partial charge in [-0.25, -0.2) is 13.1 Å². The van der Waals surface area contributed by atoms with Gasteiger partial charge in [-0.2, -0.15) is 0 Å². The van der Waals surface area contributed by atoms with E-state index in [2.05, 4.69) is 35.9 Å². The van der Waals surface area contributed by atoms with Crippen molar-refractivity contribution in [2.75, 3.05) is 19.4 Å². The average Bonchev–Trinajstić information content (AvgIpc) is 2.66. The third-order valence-electron chi connectivity index (χ3n) is 6.35. The van der Waals surface area contributed by atoms with Crippen molar-refractivity contribution in [1.82, 2.24) is 9.62 Å². The number of benzene rings is 1. The van der Waals surface area contributed by atoms with Crippen LogP contribution in [0, 0.1) is 6.92 Å². The number of rotatable bonds is 6. The van der Waals surface area contributed by atoms with E-state index >= 15 is 0 Å². The van der Waals surface area contributed by atoms with Crippen molar-refractivity contribution in [3.05, 3.63) is 35.4 Å². The van der Waals surface area contributed by atoms with Gasteiger partial charge in [0.1, 0.15) is 0 Å². The Morgan fingerprint density at radius 2 is 1.86 bits per heavy atom. The number of carbonyl (C=O) groups excluding carboxylic acids is 1. The molecule has 6 nitrogen and oxygen atoms in total. The van der Waals surface area contributed by atoms with Gasteiger partial charge in [0, 0.05) is 19.5 Å². The summed E-state index contributed by atoms with van der Waals surface area (Å²) < 4.78 is 32.5. The quantitative estimate of drug-likeness (QED) is 0.765. The van der Waals surface area contributed by atoms with Gasteiger partial charge < -0.3 is 9.64 Å². The molecule has 1 heterocycles. The number of hydrogen-bond donors (Lipinski definition) is 1. The van der Waals surface area contributed by atoms with Gasteiger partial charge in [-0.05, 0) is 62.5 Å². The molecule has 1 saturated carbocycles. The second-order valence-electron chi connectivity index (χ2n) is 8.58. The molecular formula is C22H34N2O4S. The lowest BCUT2D eigenvalue weighted by atomic mass is 9.81. The maximum Gasteiger partial charge on any atom is 0.219 e. The number of carbonyl (C=O) groups is 1. The monoisotopic (exact) mass is 422 g/mol. The van der Waals surface area contributed by atoms with Gasteiger partial charge in [0.25, 0.3) is 0 Å². The maximum atomic E-state index is 12.1. The fraction of sp³-hybridized carbons (Fsp3) is 0.682.